The lowest BCUT2D eigenvalue weighted by atomic mass is 10.1. The van der Waals surface area contributed by atoms with Gasteiger partial charge in [0, 0.05) is 44.0 Å². The van der Waals surface area contributed by atoms with Crippen LogP contribution < -0.4 is 10.2 Å². The maximum Gasteiger partial charge on any atom is 0.0606 e. The third-order valence-corrected chi connectivity index (χ3v) is 3.57. The minimum atomic E-state index is 0.156. The van der Waals surface area contributed by atoms with E-state index in [0.29, 0.717) is 13.2 Å². The number of unbranched alkanes of at least 4 members (excludes halogenated alkanes) is 1. The Hall–Kier alpha value is -0.810. The number of hydrogen-bond acceptors (Lipinski definition) is 4. The topological polar surface area (TPSA) is 44.7 Å². The van der Waals surface area contributed by atoms with Gasteiger partial charge in [-0.1, -0.05) is 24.9 Å². The Morgan fingerprint density at radius 3 is 2.81 bits per heavy atom. The Labute approximate surface area is 133 Å². The fourth-order valence-electron chi connectivity index (χ4n) is 2.22. The number of nitrogens with one attached hydrogen (secondary N) is 1. The highest BCUT2D eigenvalue weighted by molar-refractivity contribution is 6.30. The van der Waals surface area contributed by atoms with Crippen molar-refractivity contribution in [2.75, 3.05) is 44.9 Å². The van der Waals surface area contributed by atoms with Crippen LogP contribution in [0.3, 0.4) is 0 Å². The van der Waals surface area contributed by atoms with Crippen molar-refractivity contribution in [3.05, 3.63) is 28.8 Å². The molecule has 0 aromatic heterocycles. The first kappa shape index (κ1) is 18.2. The van der Waals surface area contributed by atoms with Crippen molar-refractivity contribution >= 4 is 17.3 Å². The fourth-order valence-corrected chi connectivity index (χ4v) is 2.42. The van der Waals surface area contributed by atoms with Gasteiger partial charge < -0.3 is 20.1 Å². The smallest absolute Gasteiger partial charge is 0.0606 e. The first-order valence-electron chi connectivity index (χ1n) is 7.56. The van der Waals surface area contributed by atoms with Crippen LogP contribution in [0.25, 0.3) is 0 Å². The third kappa shape index (κ3) is 6.66. The number of hydrogen-bond donors (Lipinski definition) is 2. The van der Waals surface area contributed by atoms with Gasteiger partial charge in [0.1, 0.15) is 0 Å². The fraction of sp³-hybridized carbons (Fsp3) is 0.625. The zero-order chi connectivity index (χ0) is 15.5. The molecule has 120 valence electrons. The molecule has 0 fully saturated rings. The molecule has 0 radical (unpaired) electrons. The van der Waals surface area contributed by atoms with Crippen molar-refractivity contribution in [1.29, 1.82) is 0 Å². The number of methoxy groups -OCH3 is 1. The molecule has 0 aliphatic rings. The van der Waals surface area contributed by atoms with Gasteiger partial charge in [0.15, 0.2) is 0 Å². The van der Waals surface area contributed by atoms with Crippen molar-refractivity contribution < 1.29 is 9.84 Å². The number of anilines is 1. The molecule has 1 rings (SSSR count). The van der Waals surface area contributed by atoms with Gasteiger partial charge in [-0.05, 0) is 30.2 Å². The minimum absolute atomic E-state index is 0.156. The molecular weight excluding hydrogens is 288 g/mol. The quantitative estimate of drug-likeness (QED) is 0.616. The highest BCUT2D eigenvalue weighted by Gasteiger charge is 2.11. The number of aliphatic hydroxyl groups excluding tert-OH is 1. The second-order valence-electron chi connectivity index (χ2n) is 5.01. The summed E-state index contributed by atoms with van der Waals surface area (Å²) in [6.07, 6.45) is 2.25. The molecule has 0 bridgehead atoms. The molecule has 0 amide bonds. The number of benzene rings is 1. The van der Waals surface area contributed by atoms with Crippen molar-refractivity contribution in [2.45, 2.75) is 26.3 Å². The average molecular weight is 315 g/mol. The zero-order valence-electron chi connectivity index (χ0n) is 13.1. The standard InChI is InChI=1S/C16H27ClN2O2/c1-3-4-8-19(9-10-20)16-6-5-15(17)12-14(16)13-18-7-11-21-2/h5-6,12,18,20H,3-4,7-11,13H2,1-2H3. The van der Waals surface area contributed by atoms with E-state index in [1.54, 1.807) is 7.11 Å². The molecule has 0 spiro atoms. The van der Waals surface area contributed by atoms with Gasteiger partial charge in [-0.15, -0.1) is 0 Å². The second-order valence-corrected chi connectivity index (χ2v) is 5.44. The van der Waals surface area contributed by atoms with Gasteiger partial charge in [-0.3, -0.25) is 0 Å². The summed E-state index contributed by atoms with van der Waals surface area (Å²) in [4.78, 5) is 2.23. The number of ether oxygens (including phenoxy) is 1. The number of nitrogens with zero attached hydrogens (tertiary/aromatic N) is 1. The molecule has 1 aromatic rings. The molecule has 0 aliphatic heterocycles. The highest BCUT2D eigenvalue weighted by Crippen LogP contribution is 2.24. The van der Waals surface area contributed by atoms with Gasteiger partial charge in [-0.2, -0.15) is 0 Å². The van der Waals surface area contributed by atoms with Crippen LogP contribution in [-0.4, -0.2) is 45.1 Å². The van der Waals surface area contributed by atoms with Crippen LogP contribution in [0.1, 0.15) is 25.3 Å². The first-order chi connectivity index (χ1) is 10.2. The average Bonchev–Trinajstić information content (AvgIpc) is 2.48. The molecule has 2 N–H and O–H groups in total. The first-order valence-corrected chi connectivity index (χ1v) is 7.94. The Bertz CT molecular complexity index is 402. The summed E-state index contributed by atoms with van der Waals surface area (Å²) in [6.45, 7) is 6.16. The van der Waals surface area contributed by atoms with Gasteiger partial charge in [0.2, 0.25) is 0 Å². The van der Waals surface area contributed by atoms with E-state index in [1.807, 2.05) is 18.2 Å². The number of aliphatic hydroxyl groups is 1. The van der Waals surface area contributed by atoms with Crippen LogP contribution >= 0.6 is 11.6 Å². The predicted octanol–water partition coefficient (Wildman–Crippen LogP) is 2.67. The van der Waals surface area contributed by atoms with E-state index in [-0.39, 0.29) is 6.61 Å². The van der Waals surface area contributed by atoms with Crippen LogP contribution in [0.15, 0.2) is 18.2 Å². The highest BCUT2D eigenvalue weighted by atomic mass is 35.5. The SMILES string of the molecule is CCCCN(CCO)c1ccc(Cl)cc1CNCCOC. The number of rotatable bonds is 11. The lowest BCUT2D eigenvalue weighted by molar-refractivity contribution is 0.199. The predicted molar refractivity (Wildman–Crippen MR) is 89.2 cm³/mol. The van der Waals surface area contributed by atoms with Crippen molar-refractivity contribution in [1.82, 2.24) is 5.32 Å². The lowest BCUT2D eigenvalue weighted by Gasteiger charge is -2.26. The number of halogens is 1. The van der Waals surface area contributed by atoms with Gasteiger partial charge in [-0.25, -0.2) is 0 Å². The van der Waals surface area contributed by atoms with Gasteiger partial charge in [0.25, 0.3) is 0 Å². The summed E-state index contributed by atoms with van der Waals surface area (Å²) < 4.78 is 5.04. The Morgan fingerprint density at radius 2 is 2.14 bits per heavy atom. The summed E-state index contributed by atoms with van der Waals surface area (Å²) in [5, 5.41) is 13.4. The minimum Gasteiger partial charge on any atom is -0.395 e. The second kappa shape index (κ2) is 10.9. The van der Waals surface area contributed by atoms with Crippen molar-refractivity contribution in [3.63, 3.8) is 0 Å². The van der Waals surface area contributed by atoms with Crippen LogP contribution in [0, 0.1) is 0 Å². The maximum atomic E-state index is 9.29. The van der Waals surface area contributed by atoms with Crippen LogP contribution in [0.2, 0.25) is 5.02 Å². The van der Waals surface area contributed by atoms with E-state index in [4.69, 9.17) is 16.3 Å². The Morgan fingerprint density at radius 1 is 1.33 bits per heavy atom. The van der Waals surface area contributed by atoms with Crippen LogP contribution in [-0.2, 0) is 11.3 Å². The molecule has 4 nitrogen and oxygen atoms in total. The molecule has 0 heterocycles. The van der Waals surface area contributed by atoms with E-state index in [1.165, 1.54) is 0 Å². The Balaban J connectivity index is 2.80. The molecular formula is C16H27ClN2O2. The van der Waals surface area contributed by atoms with Gasteiger partial charge in [0.05, 0.1) is 13.2 Å². The summed E-state index contributed by atoms with van der Waals surface area (Å²) in [7, 11) is 1.69. The van der Waals surface area contributed by atoms with E-state index >= 15 is 0 Å². The lowest BCUT2D eigenvalue weighted by Crippen LogP contribution is -2.29. The van der Waals surface area contributed by atoms with Gasteiger partial charge >= 0.3 is 0 Å². The van der Waals surface area contributed by atoms with Crippen LogP contribution in [0.5, 0.6) is 0 Å². The molecule has 0 saturated carbocycles. The molecule has 5 heteroatoms. The normalized spacial score (nSPS) is 10.9. The zero-order valence-corrected chi connectivity index (χ0v) is 13.8. The molecule has 0 saturated heterocycles. The summed E-state index contributed by atoms with van der Waals surface area (Å²) in [5.41, 5.74) is 2.30. The summed E-state index contributed by atoms with van der Waals surface area (Å²) >= 11 is 6.12. The largest absolute Gasteiger partial charge is 0.395 e. The van der Waals surface area contributed by atoms with E-state index in [9.17, 15) is 5.11 Å². The summed E-state index contributed by atoms with van der Waals surface area (Å²) in [5.74, 6) is 0. The molecule has 1 aromatic carbocycles. The molecule has 0 aliphatic carbocycles. The van der Waals surface area contributed by atoms with Crippen molar-refractivity contribution in [2.24, 2.45) is 0 Å². The molecule has 21 heavy (non-hydrogen) atoms. The van der Waals surface area contributed by atoms with E-state index < -0.39 is 0 Å². The summed E-state index contributed by atoms with van der Waals surface area (Å²) in [6, 6.07) is 5.94. The van der Waals surface area contributed by atoms with Crippen LogP contribution in [0.4, 0.5) is 5.69 Å². The van der Waals surface area contributed by atoms with E-state index in [0.717, 1.165) is 48.7 Å². The van der Waals surface area contributed by atoms with Crippen molar-refractivity contribution in [3.8, 4) is 0 Å². The molecule has 0 atom stereocenters. The monoisotopic (exact) mass is 314 g/mol. The third-order valence-electron chi connectivity index (χ3n) is 3.33. The Kier molecular flexibility index (Phi) is 9.42. The maximum absolute atomic E-state index is 9.29. The van der Waals surface area contributed by atoms with E-state index in [2.05, 4.69) is 17.1 Å². The molecule has 0 unspecified atom stereocenters.